The summed E-state index contributed by atoms with van der Waals surface area (Å²) in [4.78, 5) is 37.7. The molecular weight excluding hydrogens is 310 g/mol. The van der Waals surface area contributed by atoms with Crippen LogP contribution in [0.1, 0.15) is 45.4 Å². The molecule has 1 aliphatic carbocycles. The number of likely N-dealkylation sites (tertiary alicyclic amines) is 1. The molecule has 0 bridgehead atoms. The lowest BCUT2D eigenvalue weighted by Gasteiger charge is -2.42. The van der Waals surface area contributed by atoms with Crippen molar-refractivity contribution in [3.05, 3.63) is 0 Å². The lowest BCUT2D eigenvalue weighted by atomic mass is 9.74. The molecule has 7 heteroatoms. The number of hydrogen-bond acceptors (Lipinski definition) is 5. The highest BCUT2D eigenvalue weighted by Crippen LogP contribution is 2.37. The monoisotopic (exact) mass is 337 g/mol. The van der Waals surface area contributed by atoms with Gasteiger partial charge in [-0.2, -0.15) is 0 Å². The molecule has 7 nitrogen and oxygen atoms in total. The first kappa shape index (κ1) is 17.2. The number of carbonyl (C=O) groups is 3. The number of fused-ring (bicyclic) bond motifs is 1. The number of nitrogens with two attached hydrogens (primary N) is 1. The standard InChI is InChI=1S/C17H27N3O4/c1-10-7-16(22)24-14-8-11(4-5-12(10)14)19-17(23)13-3-2-6-20(13)15(21)9-18/h10-14H,2-9,18H2,1H3,(H,19,23). The van der Waals surface area contributed by atoms with Crippen LogP contribution in [0.3, 0.4) is 0 Å². The molecule has 1 saturated carbocycles. The van der Waals surface area contributed by atoms with Gasteiger partial charge in [0, 0.05) is 25.4 Å². The Kier molecular flexibility index (Phi) is 5.08. The summed E-state index contributed by atoms with van der Waals surface area (Å²) in [7, 11) is 0. The van der Waals surface area contributed by atoms with Crippen LogP contribution in [0.5, 0.6) is 0 Å². The predicted octanol–water partition coefficient (Wildman–Crippen LogP) is 0.173. The summed E-state index contributed by atoms with van der Waals surface area (Å²) in [5, 5.41) is 3.07. The van der Waals surface area contributed by atoms with E-state index in [1.165, 1.54) is 0 Å². The van der Waals surface area contributed by atoms with E-state index in [-0.39, 0.29) is 36.5 Å². The Morgan fingerprint density at radius 2 is 2.12 bits per heavy atom. The van der Waals surface area contributed by atoms with E-state index in [0.717, 1.165) is 19.3 Å². The number of nitrogens with one attached hydrogen (secondary N) is 1. The van der Waals surface area contributed by atoms with Crippen molar-refractivity contribution in [3.8, 4) is 0 Å². The number of amides is 2. The van der Waals surface area contributed by atoms with Crippen LogP contribution in [0.25, 0.3) is 0 Å². The first-order valence-corrected chi connectivity index (χ1v) is 8.99. The zero-order valence-corrected chi connectivity index (χ0v) is 14.2. The maximum absolute atomic E-state index is 12.6. The van der Waals surface area contributed by atoms with Crippen molar-refractivity contribution in [2.75, 3.05) is 13.1 Å². The Morgan fingerprint density at radius 1 is 1.33 bits per heavy atom. The summed E-state index contributed by atoms with van der Waals surface area (Å²) in [6, 6.07) is -0.404. The highest BCUT2D eigenvalue weighted by molar-refractivity contribution is 5.89. The van der Waals surface area contributed by atoms with Gasteiger partial charge in [-0.05, 0) is 37.5 Å². The smallest absolute Gasteiger partial charge is 0.306 e. The molecule has 0 aromatic heterocycles. The van der Waals surface area contributed by atoms with Gasteiger partial charge in [0.2, 0.25) is 11.8 Å². The van der Waals surface area contributed by atoms with Crippen molar-refractivity contribution in [3.63, 3.8) is 0 Å². The largest absolute Gasteiger partial charge is 0.462 e. The minimum absolute atomic E-state index is 0.00674. The van der Waals surface area contributed by atoms with Gasteiger partial charge in [0.25, 0.3) is 0 Å². The van der Waals surface area contributed by atoms with Crippen molar-refractivity contribution < 1.29 is 19.1 Å². The summed E-state index contributed by atoms with van der Waals surface area (Å²) >= 11 is 0. The molecule has 134 valence electrons. The number of carbonyl (C=O) groups excluding carboxylic acids is 3. The Morgan fingerprint density at radius 3 is 2.88 bits per heavy atom. The SMILES string of the molecule is CC1CC(=O)OC2CC(NC(=O)C3CCCN3C(=O)CN)CCC12. The molecule has 3 rings (SSSR count). The summed E-state index contributed by atoms with van der Waals surface area (Å²) in [6.07, 6.45) is 4.44. The summed E-state index contributed by atoms with van der Waals surface area (Å²) < 4.78 is 5.50. The van der Waals surface area contributed by atoms with E-state index in [1.807, 2.05) is 0 Å². The van der Waals surface area contributed by atoms with E-state index in [0.29, 0.717) is 37.6 Å². The average molecular weight is 337 g/mol. The predicted molar refractivity (Wildman–Crippen MR) is 86.7 cm³/mol. The van der Waals surface area contributed by atoms with Gasteiger partial charge in [0.05, 0.1) is 6.54 Å². The second kappa shape index (κ2) is 7.09. The molecule has 3 N–H and O–H groups in total. The number of hydrogen-bond donors (Lipinski definition) is 2. The van der Waals surface area contributed by atoms with E-state index >= 15 is 0 Å². The lowest BCUT2D eigenvalue weighted by molar-refractivity contribution is -0.166. The second-order valence-electron chi connectivity index (χ2n) is 7.34. The highest BCUT2D eigenvalue weighted by Gasteiger charge is 2.42. The minimum atomic E-state index is -0.411. The van der Waals surface area contributed by atoms with Gasteiger partial charge in [0.1, 0.15) is 12.1 Å². The maximum atomic E-state index is 12.6. The molecule has 5 atom stereocenters. The van der Waals surface area contributed by atoms with Gasteiger partial charge in [0.15, 0.2) is 0 Å². The fourth-order valence-electron chi connectivity index (χ4n) is 4.45. The molecule has 0 radical (unpaired) electrons. The normalized spacial score (nSPS) is 36.0. The molecule has 0 spiro atoms. The first-order chi connectivity index (χ1) is 11.5. The summed E-state index contributed by atoms with van der Waals surface area (Å²) in [5.41, 5.74) is 5.43. The quantitative estimate of drug-likeness (QED) is 0.715. The van der Waals surface area contributed by atoms with Gasteiger partial charge >= 0.3 is 5.97 Å². The van der Waals surface area contributed by atoms with Gasteiger partial charge < -0.3 is 20.7 Å². The van der Waals surface area contributed by atoms with Crippen LogP contribution in [0.15, 0.2) is 0 Å². The van der Waals surface area contributed by atoms with Crippen molar-refractivity contribution in [1.29, 1.82) is 0 Å². The molecule has 0 aromatic carbocycles. The van der Waals surface area contributed by atoms with Crippen molar-refractivity contribution >= 4 is 17.8 Å². The van der Waals surface area contributed by atoms with E-state index < -0.39 is 6.04 Å². The van der Waals surface area contributed by atoms with Gasteiger partial charge in [-0.15, -0.1) is 0 Å². The van der Waals surface area contributed by atoms with E-state index in [1.54, 1.807) is 4.90 Å². The molecular formula is C17H27N3O4. The fourth-order valence-corrected chi connectivity index (χ4v) is 4.45. The summed E-state index contributed by atoms with van der Waals surface area (Å²) in [6.45, 7) is 2.63. The third-order valence-corrected chi connectivity index (χ3v) is 5.74. The Hall–Kier alpha value is -1.63. The molecule has 0 aromatic rings. The molecule has 3 aliphatic rings. The molecule has 2 heterocycles. The van der Waals surface area contributed by atoms with Crippen LogP contribution in [0.2, 0.25) is 0 Å². The molecule has 24 heavy (non-hydrogen) atoms. The lowest BCUT2D eigenvalue weighted by Crippen LogP contribution is -2.53. The zero-order chi connectivity index (χ0) is 17.3. The van der Waals surface area contributed by atoms with Crippen LogP contribution in [-0.4, -0.2) is 54.0 Å². The van der Waals surface area contributed by atoms with Crippen molar-refractivity contribution in [2.24, 2.45) is 17.6 Å². The van der Waals surface area contributed by atoms with Gasteiger partial charge in [-0.1, -0.05) is 6.92 Å². The minimum Gasteiger partial charge on any atom is -0.462 e. The zero-order valence-electron chi connectivity index (χ0n) is 14.2. The molecule has 2 saturated heterocycles. The van der Waals surface area contributed by atoms with E-state index in [2.05, 4.69) is 12.2 Å². The van der Waals surface area contributed by atoms with Crippen molar-refractivity contribution in [2.45, 2.75) is 63.6 Å². The van der Waals surface area contributed by atoms with Crippen LogP contribution < -0.4 is 11.1 Å². The maximum Gasteiger partial charge on any atom is 0.306 e. The Bertz CT molecular complexity index is 524. The molecule has 2 amide bonds. The van der Waals surface area contributed by atoms with Crippen LogP contribution >= 0.6 is 0 Å². The van der Waals surface area contributed by atoms with Gasteiger partial charge in [-0.3, -0.25) is 14.4 Å². The number of ether oxygens (including phenoxy) is 1. The van der Waals surface area contributed by atoms with Crippen LogP contribution in [-0.2, 0) is 19.1 Å². The average Bonchev–Trinajstić information content (AvgIpc) is 3.03. The Balaban J connectivity index is 1.57. The molecule has 2 aliphatic heterocycles. The van der Waals surface area contributed by atoms with Crippen LogP contribution in [0.4, 0.5) is 0 Å². The number of rotatable bonds is 3. The topological polar surface area (TPSA) is 102 Å². The third-order valence-electron chi connectivity index (χ3n) is 5.74. The number of nitrogens with zero attached hydrogens (tertiary/aromatic N) is 1. The first-order valence-electron chi connectivity index (χ1n) is 8.99. The highest BCUT2D eigenvalue weighted by atomic mass is 16.5. The molecule has 5 unspecified atom stereocenters. The summed E-state index contributed by atoms with van der Waals surface area (Å²) in [5.74, 6) is 0.337. The van der Waals surface area contributed by atoms with Gasteiger partial charge in [-0.25, -0.2) is 0 Å². The second-order valence-corrected chi connectivity index (χ2v) is 7.34. The molecule has 3 fully saturated rings. The van der Waals surface area contributed by atoms with Crippen LogP contribution in [0, 0.1) is 11.8 Å². The van der Waals surface area contributed by atoms with E-state index in [4.69, 9.17) is 10.5 Å². The number of esters is 1. The van der Waals surface area contributed by atoms with E-state index in [9.17, 15) is 14.4 Å². The van der Waals surface area contributed by atoms with Crippen molar-refractivity contribution in [1.82, 2.24) is 10.2 Å². The Labute approximate surface area is 142 Å². The third kappa shape index (κ3) is 3.41. The fraction of sp³-hybridized carbons (Fsp3) is 0.824.